The predicted molar refractivity (Wildman–Crippen MR) is 220 cm³/mol. The Labute approximate surface area is 322 Å². The highest BCUT2D eigenvalue weighted by Gasteiger charge is 2.19. The molecule has 6 heteroatoms. The summed E-state index contributed by atoms with van der Waals surface area (Å²) in [6.45, 7) is 6.57. The lowest BCUT2D eigenvalue weighted by Gasteiger charge is -2.18. The van der Waals surface area contributed by atoms with E-state index in [9.17, 15) is 14.4 Å². The van der Waals surface area contributed by atoms with Crippen molar-refractivity contribution in [1.82, 2.24) is 0 Å². The molecular weight excluding hydrogens is 648 g/mol. The third-order valence-electron chi connectivity index (χ3n) is 10.0. The molecule has 0 saturated carbocycles. The molecule has 0 aromatic heterocycles. The Bertz CT molecular complexity index is 809. The van der Waals surface area contributed by atoms with E-state index in [0.29, 0.717) is 19.3 Å². The topological polar surface area (TPSA) is 78.9 Å². The van der Waals surface area contributed by atoms with Gasteiger partial charge < -0.3 is 14.2 Å². The molecule has 0 aliphatic carbocycles. The number of hydrogen-bond acceptors (Lipinski definition) is 6. The summed E-state index contributed by atoms with van der Waals surface area (Å²) in [5.41, 5.74) is 0. The molecule has 0 N–H and O–H groups in total. The summed E-state index contributed by atoms with van der Waals surface area (Å²) in [5.74, 6) is -0.876. The molecular formula is C46H86O6. The maximum Gasteiger partial charge on any atom is 0.306 e. The minimum atomic E-state index is -0.764. The quantitative estimate of drug-likeness (QED) is 0.0269. The first-order valence-corrected chi connectivity index (χ1v) is 22.7. The van der Waals surface area contributed by atoms with Crippen LogP contribution in [0.1, 0.15) is 245 Å². The van der Waals surface area contributed by atoms with E-state index in [1.165, 1.54) is 141 Å². The molecule has 0 aliphatic heterocycles. The molecule has 6 nitrogen and oxygen atoms in total. The summed E-state index contributed by atoms with van der Waals surface area (Å²) in [6.07, 6.45) is 43.4. The summed E-state index contributed by atoms with van der Waals surface area (Å²) < 4.78 is 16.7. The number of rotatable bonds is 41. The van der Waals surface area contributed by atoms with Crippen molar-refractivity contribution in [2.24, 2.45) is 0 Å². The normalized spacial score (nSPS) is 12.0. The van der Waals surface area contributed by atoms with Gasteiger partial charge in [-0.15, -0.1) is 0 Å². The fourth-order valence-electron chi connectivity index (χ4n) is 6.54. The molecule has 0 bridgehead atoms. The largest absolute Gasteiger partial charge is 0.462 e. The Kier molecular flexibility index (Phi) is 40.4. The average molecular weight is 735 g/mol. The number of unbranched alkanes of at least 4 members (excludes halogenated alkanes) is 28. The fraction of sp³-hybridized carbons (Fsp3) is 0.891. The lowest BCUT2D eigenvalue weighted by atomic mass is 10.0. The van der Waals surface area contributed by atoms with Crippen molar-refractivity contribution in [3.8, 4) is 0 Å². The summed E-state index contributed by atoms with van der Waals surface area (Å²) >= 11 is 0. The highest BCUT2D eigenvalue weighted by atomic mass is 16.6. The molecule has 0 aromatic rings. The Morgan fingerprint density at radius 2 is 0.654 bits per heavy atom. The van der Waals surface area contributed by atoms with Gasteiger partial charge in [-0.25, -0.2) is 0 Å². The standard InChI is InChI=1S/C46H86O6/c1-4-7-10-13-16-19-21-22-23-24-26-27-30-33-36-39-45(48)51-42-43(41-50-44(47)38-35-32-29-18-15-12-9-6-3)52-46(49)40-37-34-31-28-25-20-17-14-11-8-5-2/h14,17,43H,4-13,15-16,18-42H2,1-3H3/b17-14-. The van der Waals surface area contributed by atoms with Gasteiger partial charge in [-0.05, 0) is 38.5 Å². The van der Waals surface area contributed by atoms with Crippen LogP contribution < -0.4 is 0 Å². The van der Waals surface area contributed by atoms with Gasteiger partial charge in [0.2, 0.25) is 0 Å². The SMILES string of the molecule is CCCC/C=C\CCCCCCCC(=O)OC(COC(=O)CCCCCCCCCC)COC(=O)CCCCCCCCCCCCCCCCC. The Morgan fingerprint density at radius 1 is 0.365 bits per heavy atom. The Balaban J connectivity index is 4.28. The number of ether oxygens (including phenoxy) is 3. The zero-order valence-electron chi connectivity index (χ0n) is 34.8. The lowest BCUT2D eigenvalue weighted by Crippen LogP contribution is -2.30. The van der Waals surface area contributed by atoms with E-state index in [1.54, 1.807) is 0 Å². The molecule has 0 radical (unpaired) electrons. The van der Waals surface area contributed by atoms with Crippen LogP contribution in [0.5, 0.6) is 0 Å². The van der Waals surface area contributed by atoms with Gasteiger partial charge in [0, 0.05) is 19.3 Å². The van der Waals surface area contributed by atoms with E-state index < -0.39 is 6.10 Å². The molecule has 0 spiro atoms. The van der Waals surface area contributed by atoms with Crippen molar-refractivity contribution in [3.63, 3.8) is 0 Å². The highest BCUT2D eigenvalue weighted by Crippen LogP contribution is 2.15. The number of allylic oxidation sites excluding steroid dienone is 2. The van der Waals surface area contributed by atoms with E-state index in [1.807, 2.05) is 0 Å². The van der Waals surface area contributed by atoms with Crippen molar-refractivity contribution in [1.29, 1.82) is 0 Å². The molecule has 52 heavy (non-hydrogen) atoms. The van der Waals surface area contributed by atoms with Gasteiger partial charge in [0.25, 0.3) is 0 Å². The van der Waals surface area contributed by atoms with E-state index in [-0.39, 0.29) is 31.1 Å². The van der Waals surface area contributed by atoms with Crippen LogP contribution in [0.2, 0.25) is 0 Å². The van der Waals surface area contributed by atoms with Gasteiger partial charge in [-0.2, -0.15) is 0 Å². The third-order valence-corrected chi connectivity index (χ3v) is 10.0. The van der Waals surface area contributed by atoms with Crippen LogP contribution in [0.3, 0.4) is 0 Å². The van der Waals surface area contributed by atoms with Crippen LogP contribution in [0, 0.1) is 0 Å². The Morgan fingerprint density at radius 3 is 1.02 bits per heavy atom. The maximum atomic E-state index is 12.7. The number of carbonyl (C=O) groups is 3. The zero-order valence-corrected chi connectivity index (χ0v) is 34.8. The van der Waals surface area contributed by atoms with Crippen molar-refractivity contribution in [2.45, 2.75) is 252 Å². The van der Waals surface area contributed by atoms with Crippen molar-refractivity contribution < 1.29 is 28.6 Å². The van der Waals surface area contributed by atoms with Crippen LogP contribution in [-0.4, -0.2) is 37.2 Å². The summed E-state index contributed by atoms with van der Waals surface area (Å²) in [6, 6.07) is 0. The van der Waals surface area contributed by atoms with E-state index in [0.717, 1.165) is 64.2 Å². The fourth-order valence-corrected chi connectivity index (χ4v) is 6.54. The molecule has 0 aliphatic rings. The van der Waals surface area contributed by atoms with Crippen LogP contribution >= 0.6 is 0 Å². The summed E-state index contributed by atoms with van der Waals surface area (Å²) in [7, 11) is 0. The molecule has 0 heterocycles. The molecule has 0 saturated heterocycles. The first kappa shape index (κ1) is 50.1. The third kappa shape index (κ3) is 39.4. The second kappa shape index (κ2) is 41.9. The monoisotopic (exact) mass is 735 g/mol. The van der Waals surface area contributed by atoms with Gasteiger partial charge in [0.1, 0.15) is 13.2 Å². The van der Waals surface area contributed by atoms with Crippen LogP contribution in [0.25, 0.3) is 0 Å². The lowest BCUT2D eigenvalue weighted by molar-refractivity contribution is -0.167. The predicted octanol–water partition coefficient (Wildman–Crippen LogP) is 14.3. The minimum absolute atomic E-state index is 0.0693. The molecule has 0 aromatic carbocycles. The molecule has 0 rings (SSSR count). The minimum Gasteiger partial charge on any atom is -0.462 e. The van der Waals surface area contributed by atoms with Crippen LogP contribution in [0.4, 0.5) is 0 Å². The maximum absolute atomic E-state index is 12.7. The first-order valence-electron chi connectivity index (χ1n) is 22.7. The van der Waals surface area contributed by atoms with E-state index in [2.05, 4.69) is 32.9 Å². The number of esters is 3. The first-order chi connectivity index (χ1) is 25.5. The van der Waals surface area contributed by atoms with Crippen molar-refractivity contribution in [3.05, 3.63) is 12.2 Å². The summed E-state index contributed by atoms with van der Waals surface area (Å²) in [4.78, 5) is 37.6. The van der Waals surface area contributed by atoms with Gasteiger partial charge in [-0.3, -0.25) is 14.4 Å². The molecule has 0 fully saturated rings. The van der Waals surface area contributed by atoms with Gasteiger partial charge in [-0.1, -0.05) is 200 Å². The van der Waals surface area contributed by atoms with Crippen LogP contribution in [-0.2, 0) is 28.6 Å². The van der Waals surface area contributed by atoms with E-state index >= 15 is 0 Å². The number of carbonyl (C=O) groups excluding carboxylic acids is 3. The number of hydrogen-bond donors (Lipinski definition) is 0. The average Bonchev–Trinajstić information content (AvgIpc) is 3.14. The van der Waals surface area contributed by atoms with Gasteiger partial charge in [0.05, 0.1) is 0 Å². The second-order valence-electron chi connectivity index (χ2n) is 15.3. The van der Waals surface area contributed by atoms with Gasteiger partial charge in [0.15, 0.2) is 6.10 Å². The van der Waals surface area contributed by atoms with Crippen LogP contribution in [0.15, 0.2) is 12.2 Å². The molecule has 0 amide bonds. The molecule has 306 valence electrons. The molecule has 1 unspecified atom stereocenters. The van der Waals surface area contributed by atoms with Gasteiger partial charge >= 0.3 is 17.9 Å². The smallest absolute Gasteiger partial charge is 0.306 e. The Hall–Kier alpha value is -1.85. The summed E-state index contributed by atoms with van der Waals surface area (Å²) in [5, 5.41) is 0. The van der Waals surface area contributed by atoms with Crippen molar-refractivity contribution in [2.75, 3.05) is 13.2 Å². The molecule has 1 atom stereocenters. The zero-order chi connectivity index (χ0) is 38.0. The second-order valence-corrected chi connectivity index (χ2v) is 15.3. The van der Waals surface area contributed by atoms with Crippen molar-refractivity contribution >= 4 is 17.9 Å². The highest BCUT2D eigenvalue weighted by molar-refractivity contribution is 5.71. The van der Waals surface area contributed by atoms with E-state index in [4.69, 9.17) is 14.2 Å².